The second kappa shape index (κ2) is 37.0. The zero-order valence-electron chi connectivity index (χ0n) is 26.8. The lowest BCUT2D eigenvalue weighted by Crippen LogP contribution is -2.39. The van der Waals surface area contributed by atoms with Crippen molar-refractivity contribution < 1.29 is 29.4 Å². The summed E-state index contributed by atoms with van der Waals surface area (Å²) in [5, 5.41) is 34.4. The number of aromatic nitrogens is 3. The van der Waals surface area contributed by atoms with Crippen LogP contribution in [0.25, 0.3) is 10.4 Å². The van der Waals surface area contributed by atoms with E-state index < -0.39 is 24.0 Å². The van der Waals surface area contributed by atoms with Crippen molar-refractivity contribution in [3.8, 4) is 12.3 Å². The number of carbonyl (C=O) groups excluding carboxylic acids is 2. The molecule has 8 N–H and O–H groups in total. The van der Waals surface area contributed by atoms with Crippen LogP contribution in [0.15, 0.2) is 11.3 Å². The molecule has 0 aromatic carbocycles. The summed E-state index contributed by atoms with van der Waals surface area (Å²) in [6.45, 7) is 5.17. The number of rotatable bonds is 19. The van der Waals surface area contributed by atoms with Crippen LogP contribution in [-0.4, -0.2) is 111 Å². The topological polar surface area (TPSA) is 271 Å². The van der Waals surface area contributed by atoms with E-state index in [-0.39, 0.29) is 40.0 Å². The maximum Gasteiger partial charge on any atom is 0.320 e. The third-order valence-corrected chi connectivity index (χ3v) is 5.91. The summed E-state index contributed by atoms with van der Waals surface area (Å²) in [6, 6.07) is -1.22. The lowest BCUT2D eigenvalue weighted by atomic mass is 10.1. The molecule has 48 heavy (non-hydrogen) atoms. The molecule has 278 valence electrons. The first-order valence-electron chi connectivity index (χ1n) is 14.1. The minimum Gasteiger partial charge on any atom is -0.480 e. The summed E-state index contributed by atoms with van der Waals surface area (Å²) in [5.74, 6) is 0.539. The number of unbranched alkanes of at least 4 members (excludes halogenated alkanes) is 2. The standard InChI is InChI=1S/C13H24N6O3.C7H15N5O2.C6H9NO.2CH4.I2/c1-10(20)18(2)7-11-8-19(17-16-11)6-4-3-5-12(13(21)22)15-9-14;8-5-10-6(7(13)14)3-1-2-4-11-12-9;1-4-5-7(3)6(2)8;;;1-2/h8,12,15H,3-7,9,14H2,1-2H3,(H,21,22);6,10H,1-5,8H2,(H,13,14);1H,5H2,2-3H3;2*1H4;. The number of hydrogen-bond donors (Lipinski definition) is 6. The van der Waals surface area contributed by atoms with Gasteiger partial charge >= 0.3 is 11.9 Å². The molecule has 18 nitrogen and oxygen atoms in total. The second-order valence-electron chi connectivity index (χ2n) is 9.47. The molecule has 2 atom stereocenters. The summed E-state index contributed by atoms with van der Waals surface area (Å²) in [5.41, 5.74) is 19.2. The van der Waals surface area contributed by atoms with Crippen molar-refractivity contribution in [2.24, 2.45) is 16.6 Å². The van der Waals surface area contributed by atoms with Gasteiger partial charge in [-0.25, -0.2) is 0 Å². The zero-order chi connectivity index (χ0) is 35.9. The van der Waals surface area contributed by atoms with Gasteiger partial charge in [-0.3, -0.25) is 34.5 Å². The van der Waals surface area contributed by atoms with Crippen LogP contribution in [0.3, 0.4) is 0 Å². The SMILES string of the molecule is C.C.C#CCN(C)C(C)=O.CC(=O)N(C)Cc1cn(CCCCC(NCN)C(=O)O)nn1.II.[N-]=[N+]=NCCCCC(NCN)C(=O)O. The van der Waals surface area contributed by atoms with E-state index in [1.165, 1.54) is 18.7 Å². The Morgan fingerprint density at radius 3 is 1.85 bits per heavy atom. The Bertz CT molecular complexity index is 1080. The van der Waals surface area contributed by atoms with Crippen molar-refractivity contribution in [2.75, 3.05) is 40.5 Å². The number of azide groups is 1. The molecule has 1 rings (SSSR count). The number of carbonyl (C=O) groups is 4. The number of aliphatic carboxylic acids is 2. The molecule has 1 aromatic rings. The minimum atomic E-state index is -0.903. The van der Waals surface area contributed by atoms with E-state index in [0.717, 1.165) is 18.5 Å². The second-order valence-corrected chi connectivity index (χ2v) is 9.47. The molecular weight excluding hydrogens is 854 g/mol. The maximum absolute atomic E-state index is 11.1. The third-order valence-electron chi connectivity index (χ3n) is 5.91. The van der Waals surface area contributed by atoms with Crippen LogP contribution in [0.4, 0.5) is 0 Å². The highest BCUT2D eigenvalue weighted by molar-refractivity contribution is 15.0. The lowest BCUT2D eigenvalue weighted by molar-refractivity contribution is -0.140. The molecule has 1 aromatic heterocycles. The van der Waals surface area contributed by atoms with Crippen LogP contribution in [0.2, 0.25) is 0 Å². The Kier molecular flexibility index (Phi) is 42.1. The summed E-state index contributed by atoms with van der Waals surface area (Å²) < 4.78 is 1.70. The number of aryl methyl sites for hydroxylation is 1. The number of hydrogen-bond acceptors (Lipinski definition) is 11. The quantitative estimate of drug-likeness (QED) is 0.0223. The Morgan fingerprint density at radius 2 is 1.48 bits per heavy atom. The van der Waals surface area contributed by atoms with Gasteiger partial charge in [0.15, 0.2) is 0 Å². The molecular formula is C28H56I2N12O6. The number of nitrogens with zero attached hydrogens (tertiary/aromatic N) is 8. The number of nitrogens with one attached hydrogen (secondary N) is 2. The van der Waals surface area contributed by atoms with E-state index in [0.29, 0.717) is 51.9 Å². The molecule has 0 radical (unpaired) electrons. The zero-order valence-corrected chi connectivity index (χ0v) is 31.1. The highest BCUT2D eigenvalue weighted by Crippen LogP contribution is 2.05. The van der Waals surface area contributed by atoms with E-state index in [4.69, 9.17) is 33.6 Å². The molecule has 0 saturated heterocycles. The van der Waals surface area contributed by atoms with Crippen molar-refractivity contribution in [2.45, 2.75) is 92.4 Å². The van der Waals surface area contributed by atoms with Crippen LogP contribution in [0.5, 0.6) is 0 Å². The van der Waals surface area contributed by atoms with Gasteiger partial charge in [-0.05, 0) is 37.6 Å². The van der Waals surface area contributed by atoms with Crippen molar-refractivity contribution in [3.05, 3.63) is 22.3 Å². The molecule has 0 saturated carbocycles. The van der Waals surface area contributed by atoms with Crippen LogP contribution in [0.1, 0.15) is 72.9 Å². The van der Waals surface area contributed by atoms with E-state index in [2.05, 4.69) is 74.1 Å². The number of carboxylic acid groups (broad SMARTS) is 2. The summed E-state index contributed by atoms with van der Waals surface area (Å²) in [6.07, 6.45) is 10.7. The predicted molar refractivity (Wildman–Crippen MR) is 205 cm³/mol. The van der Waals surface area contributed by atoms with E-state index >= 15 is 0 Å². The van der Waals surface area contributed by atoms with Gasteiger partial charge in [-0.2, -0.15) is 0 Å². The molecule has 0 aliphatic carbocycles. The molecule has 0 aliphatic heterocycles. The average molecular weight is 911 g/mol. The van der Waals surface area contributed by atoms with Crippen molar-refractivity contribution in [3.63, 3.8) is 0 Å². The number of carboxylic acids is 2. The summed E-state index contributed by atoms with van der Waals surface area (Å²) >= 11 is 4.24. The van der Waals surface area contributed by atoms with Gasteiger partial charge in [-0.15, -0.1) is 11.5 Å². The van der Waals surface area contributed by atoms with Gasteiger partial charge in [0.25, 0.3) is 0 Å². The molecule has 1 heterocycles. The normalized spacial score (nSPS) is 10.4. The Morgan fingerprint density at radius 1 is 1.00 bits per heavy atom. The largest absolute Gasteiger partial charge is 0.480 e. The fourth-order valence-electron chi connectivity index (χ4n) is 3.23. The molecule has 0 bridgehead atoms. The first kappa shape index (κ1) is 54.6. The first-order valence-corrected chi connectivity index (χ1v) is 20.4. The Balaban J connectivity index is -0.000000204. The highest BCUT2D eigenvalue weighted by atomic mass is 128. The molecule has 0 fully saturated rings. The lowest BCUT2D eigenvalue weighted by Gasteiger charge is -2.12. The van der Waals surface area contributed by atoms with Crippen molar-refractivity contribution >= 4 is 61.0 Å². The van der Waals surface area contributed by atoms with Crippen molar-refractivity contribution in [1.82, 2.24) is 35.4 Å². The molecule has 0 spiro atoms. The number of nitrogens with two attached hydrogens (primary N) is 2. The van der Waals surface area contributed by atoms with E-state index in [1.54, 1.807) is 29.9 Å². The number of amides is 2. The highest BCUT2D eigenvalue weighted by Gasteiger charge is 2.15. The van der Waals surface area contributed by atoms with Gasteiger partial charge in [0.1, 0.15) is 17.8 Å². The van der Waals surface area contributed by atoms with Gasteiger partial charge in [-0.1, -0.05) is 37.5 Å². The Hall–Kier alpha value is -2.81. The van der Waals surface area contributed by atoms with Gasteiger partial charge in [0, 0.05) is 96.5 Å². The predicted octanol–water partition coefficient (Wildman–Crippen LogP) is 2.95. The third kappa shape index (κ3) is 31.8. The molecule has 20 heteroatoms. The van der Waals surface area contributed by atoms with E-state index in [9.17, 15) is 19.2 Å². The summed E-state index contributed by atoms with van der Waals surface area (Å²) in [7, 11) is 3.38. The fraction of sp³-hybridized carbons (Fsp3) is 0.714. The van der Waals surface area contributed by atoms with Crippen LogP contribution in [-0.2, 0) is 32.3 Å². The van der Waals surface area contributed by atoms with Crippen LogP contribution < -0.4 is 22.1 Å². The van der Waals surface area contributed by atoms with Gasteiger partial charge in [0.05, 0.1) is 19.3 Å². The molecule has 2 unspecified atom stereocenters. The smallest absolute Gasteiger partial charge is 0.320 e. The maximum atomic E-state index is 11.1. The Labute approximate surface area is 308 Å². The average Bonchev–Trinajstić information content (AvgIpc) is 3.46. The minimum absolute atomic E-state index is 0. The number of terminal acetylenes is 1. The van der Waals surface area contributed by atoms with E-state index in [1.807, 2.05) is 0 Å². The van der Waals surface area contributed by atoms with Gasteiger partial charge < -0.3 is 31.5 Å². The summed E-state index contributed by atoms with van der Waals surface area (Å²) in [4.78, 5) is 48.7. The monoisotopic (exact) mass is 910 g/mol. The fourth-order valence-corrected chi connectivity index (χ4v) is 3.23. The number of halogens is 2. The molecule has 0 aliphatic rings. The molecule has 2 amide bonds. The first-order chi connectivity index (χ1) is 21.8. The van der Waals surface area contributed by atoms with Gasteiger partial charge in [0.2, 0.25) is 11.8 Å². The van der Waals surface area contributed by atoms with Crippen LogP contribution >= 0.6 is 37.2 Å². The van der Waals surface area contributed by atoms with Crippen LogP contribution in [0, 0.1) is 12.3 Å². The van der Waals surface area contributed by atoms with Crippen molar-refractivity contribution in [1.29, 1.82) is 0 Å².